The SMILES string of the molecule is CC(C)(C(=O)Cl)P(=O)(O)O. The molecule has 0 amide bonds. The highest BCUT2D eigenvalue weighted by atomic mass is 35.5. The molecule has 10 heavy (non-hydrogen) atoms. The molecule has 0 saturated carbocycles. The summed E-state index contributed by atoms with van der Waals surface area (Å²) in [6, 6.07) is 0. The van der Waals surface area contributed by atoms with Crippen molar-refractivity contribution in [3.8, 4) is 0 Å². The second-order valence-electron chi connectivity index (χ2n) is 2.38. The van der Waals surface area contributed by atoms with Gasteiger partial charge in [-0.15, -0.1) is 0 Å². The van der Waals surface area contributed by atoms with Gasteiger partial charge in [0.15, 0.2) is 0 Å². The second-order valence-corrected chi connectivity index (χ2v) is 4.93. The van der Waals surface area contributed by atoms with Crippen molar-refractivity contribution in [3.63, 3.8) is 0 Å². The van der Waals surface area contributed by atoms with E-state index in [1.54, 1.807) is 0 Å². The van der Waals surface area contributed by atoms with Crippen LogP contribution in [0.1, 0.15) is 13.8 Å². The number of halogens is 1. The molecule has 0 rings (SSSR count). The Morgan fingerprint density at radius 1 is 1.50 bits per heavy atom. The fourth-order valence-electron chi connectivity index (χ4n) is 0.115. The minimum atomic E-state index is -4.41. The summed E-state index contributed by atoms with van der Waals surface area (Å²) in [7, 11) is -4.41. The molecule has 0 heterocycles. The molecule has 0 aromatic carbocycles. The second kappa shape index (κ2) is 2.62. The molecule has 0 fully saturated rings. The zero-order valence-corrected chi connectivity index (χ0v) is 7.19. The van der Waals surface area contributed by atoms with Gasteiger partial charge in [0.05, 0.1) is 0 Å². The summed E-state index contributed by atoms with van der Waals surface area (Å²) in [5.41, 5.74) is 0. The summed E-state index contributed by atoms with van der Waals surface area (Å²) in [5, 5.41) is -2.80. The molecule has 0 saturated heterocycles. The predicted octanol–water partition coefficient (Wildman–Crippen LogP) is 0.708. The molecule has 0 aromatic heterocycles. The first-order chi connectivity index (χ1) is 4.19. The van der Waals surface area contributed by atoms with Crippen LogP contribution in [0.25, 0.3) is 0 Å². The Labute approximate surface area is 63.4 Å². The zero-order valence-electron chi connectivity index (χ0n) is 5.54. The Bertz CT molecular complexity index is 193. The van der Waals surface area contributed by atoms with E-state index in [1.807, 2.05) is 0 Å². The van der Waals surface area contributed by atoms with Crippen LogP contribution in [0.15, 0.2) is 0 Å². The Hall–Kier alpha value is 0.110. The molecule has 6 heteroatoms. The van der Waals surface area contributed by atoms with Crippen LogP contribution in [-0.4, -0.2) is 20.2 Å². The Morgan fingerprint density at radius 2 is 1.80 bits per heavy atom. The standard InChI is InChI=1S/C4H8ClO4P/c1-4(2,3(5)6)10(7,8)9/h1-2H3,(H2,7,8,9). The third-order valence-corrected chi connectivity index (χ3v) is 3.47. The molecule has 0 aliphatic carbocycles. The molecule has 0 spiro atoms. The molecular weight excluding hydrogens is 178 g/mol. The number of hydrogen-bond donors (Lipinski definition) is 2. The highest BCUT2D eigenvalue weighted by Crippen LogP contribution is 2.50. The highest BCUT2D eigenvalue weighted by Gasteiger charge is 2.43. The number of rotatable bonds is 2. The van der Waals surface area contributed by atoms with Crippen molar-refractivity contribution in [1.82, 2.24) is 0 Å². The lowest BCUT2D eigenvalue weighted by Gasteiger charge is -2.20. The molecule has 0 aromatic rings. The van der Waals surface area contributed by atoms with Gasteiger partial charge in [-0.25, -0.2) is 0 Å². The van der Waals surface area contributed by atoms with Crippen molar-refractivity contribution in [2.75, 3.05) is 0 Å². The minimum Gasteiger partial charge on any atom is -0.324 e. The van der Waals surface area contributed by atoms with E-state index in [4.69, 9.17) is 21.4 Å². The van der Waals surface area contributed by atoms with Gasteiger partial charge in [-0.2, -0.15) is 0 Å². The Kier molecular flexibility index (Phi) is 2.65. The first-order valence-electron chi connectivity index (χ1n) is 2.45. The van der Waals surface area contributed by atoms with Gasteiger partial charge >= 0.3 is 7.60 Å². The molecule has 0 unspecified atom stereocenters. The van der Waals surface area contributed by atoms with E-state index in [9.17, 15) is 9.36 Å². The topological polar surface area (TPSA) is 74.6 Å². The van der Waals surface area contributed by atoms with E-state index in [2.05, 4.69) is 0 Å². The molecule has 0 atom stereocenters. The van der Waals surface area contributed by atoms with Gasteiger partial charge in [-0.3, -0.25) is 9.36 Å². The van der Waals surface area contributed by atoms with Crippen molar-refractivity contribution in [3.05, 3.63) is 0 Å². The first kappa shape index (κ1) is 10.1. The van der Waals surface area contributed by atoms with Crippen LogP contribution in [-0.2, 0) is 9.36 Å². The number of carbonyl (C=O) groups is 1. The van der Waals surface area contributed by atoms with Gasteiger partial charge in [0.25, 0.3) is 0 Å². The third kappa shape index (κ3) is 1.80. The fraction of sp³-hybridized carbons (Fsp3) is 0.750. The largest absolute Gasteiger partial charge is 0.339 e. The molecule has 0 aliphatic heterocycles. The Balaban J connectivity index is 4.75. The van der Waals surface area contributed by atoms with Crippen LogP contribution >= 0.6 is 19.2 Å². The van der Waals surface area contributed by atoms with Gasteiger partial charge in [-0.05, 0) is 25.4 Å². The molecular formula is C4H8ClO4P. The molecule has 0 bridgehead atoms. The summed E-state index contributed by atoms with van der Waals surface area (Å²) in [5.74, 6) is 0. The number of carbonyl (C=O) groups excluding carboxylic acids is 1. The maximum absolute atomic E-state index is 10.5. The minimum absolute atomic E-state index is 1.03. The van der Waals surface area contributed by atoms with Crippen LogP contribution < -0.4 is 0 Å². The van der Waals surface area contributed by atoms with E-state index in [1.165, 1.54) is 0 Å². The highest BCUT2D eigenvalue weighted by molar-refractivity contribution is 7.55. The van der Waals surface area contributed by atoms with Gasteiger partial charge in [-0.1, -0.05) is 0 Å². The van der Waals surface area contributed by atoms with Crippen LogP contribution in [0.4, 0.5) is 0 Å². The van der Waals surface area contributed by atoms with E-state index in [0.717, 1.165) is 13.8 Å². The lowest BCUT2D eigenvalue weighted by molar-refractivity contribution is -0.113. The molecule has 0 radical (unpaired) electrons. The normalized spacial score (nSPS) is 13.3. The van der Waals surface area contributed by atoms with Crippen LogP contribution in [0, 0.1) is 0 Å². The third-order valence-electron chi connectivity index (χ3n) is 1.21. The van der Waals surface area contributed by atoms with Crippen LogP contribution in [0.2, 0.25) is 0 Å². The summed E-state index contributed by atoms with van der Waals surface area (Å²) in [6.07, 6.45) is 0. The average molecular weight is 187 g/mol. The maximum atomic E-state index is 10.5. The van der Waals surface area contributed by atoms with E-state index < -0.39 is 18.0 Å². The van der Waals surface area contributed by atoms with Crippen LogP contribution in [0.5, 0.6) is 0 Å². The lowest BCUT2D eigenvalue weighted by atomic mass is 10.2. The summed E-state index contributed by atoms with van der Waals surface area (Å²) < 4.78 is 10.5. The summed E-state index contributed by atoms with van der Waals surface area (Å²) in [4.78, 5) is 27.4. The molecule has 4 nitrogen and oxygen atoms in total. The summed E-state index contributed by atoms with van der Waals surface area (Å²) >= 11 is 4.92. The summed E-state index contributed by atoms with van der Waals surface area (Å²) in [6.45, 7) is 2.20. The van der Waals surface area contributed by atoms with Crippen molar-refractivity contribution >= 4 is 24.4 Å². The molecule has 60 valence electrons. The van der Waals surface area contributed by atoms with Crippen molar-refractivity contribution in [2.24, 2.45) is 0 Å². The predicted molar refractivity (Wildman–Crippen MR) is 37.0 cm³/mol. The van der Waals surface area contributed by atoms with Gasteiger partial charge in [0, 0.05) is 0 Å². The van der Waals surface area contributed by atoms with E-state index >= 15 is 0 Å². The molecule has 0 aliphatic rings. The van der Waals surface area contributed by atoms with Crippen molar-refractivity contribution in [2.45, 2.75) is 19.0 Å². The monoisotopic (exact) mass is 186 g/mol. The lowest BCUT2D eigenvalue weighted by Crippen LogP contribution is -2.27. The fourth-order valence-corrected chi connectivity index (χ4v) is 0.674. The van der Waals surface area contributed by atoms with Crippen molar-refractivity contribution < 1.29 is 19.1 Å². The first-order valence-corrected chi connectivity index (χ1v) is 4.44. The van der Waals surface area contributed by atoms with Gasteiger partial charge in [0.2, 0.25) is 5.24 Å². The van der Waals surface area contributed by atoms with Gasteiger partial charge in [0.1, 0.15) is 5.16 Å². The average Bonchev–Trinajstić information content (AvgIpc) is 1.62. The van der Waals surface area contributed by atoms with E-state index in [0.29, 0.717) is 0 Å². The Morgan fingerprint density at radius 3 is 1.80 bits per heavy atom. The van der Waals surface area contributed by atoms with Crippen LogP contribution in [0.3, 0.4) is 0 Å². The zero-order chi connectivity index (χ0) is 8.58. The molecule has 2 N–H and O–H groups in total. The quantitative estimate of drug-likeness (QED) is 0.492. The van der Waals surface area contributed by atoms with Gasteiger partial charge < -0.3 is 9.79 Å². The maximum Gasteiger partial charge on any atom is 0.339 e. The van der Waals surface area contributed by atoms with E-state index in [-0.39, 0.29) is 0 Å². The van der Waals surface area contributed by atoms with Crippen molar-refractivity contribution in [1.29, 1.82) is 0 Å². The number of hydrogen-bond acceptors (Lipinski definition) is 2. The smallest absolute Gasteiger partial charge is 0.324 e.